The lowest BCUT2D eigenvalue weighted by Crippen LogP contribution is -2.51. The Hall–Kier alpha value is -1.46. The Morgan fingerprint density at radius 1 is 1.38 bits per heavy atom. The van der Waals surface area contributed by atoms with Gasteiger partial charge in [0, 0.05) is 11.6 Å². The molecule has 7 heteroatoms. The third-order valence-corrected chi connectivity index (χ3v) is 4.13. The summed E-state index contributed by atoms with van der Waals surface area (Å²) < 4.78 is 0. The first-order valence-electron chi connectivity index (χ1n) is 6.64. The SMILES string of the molecule is CC1CCN(C(=O)Nc2ccc(Cl)cc2Cl)C(C(=O)O)C1. The number of nitrogens with zero attached hydrogens (tertiary/aromatic N) is 1. The fourth-order valence-electron chi connectivity index (χ4n) is 2.40. The first-order chi connectivity index (χ1) is 9.88. The predicted octanol–water partition coefficient (Wildman–Crippen LogP) is 3.71. The van der Waals surface area contributed by atoms with Crippen LogP contribution in [-0.2, 0) is 4.79 Å². The second kappa shape index (κ2) is 6.54. The third kappa shape index (κ3) is 3.80. The van der Waals surface area contributed by atoms with Crippen molar-refractivity contribution in [1.82, 2.24) is 4.90 Å². The van der Waals surface area contributed by atoms with Crippen LogP contribution in [-0.4, -0.2) is 34.6 Å². The van der Waals surface area contributed by atoms with Crippen LogP contribution in [0, 0.1) is 5.92 Å². The number of carbonyl (C=O) groups is 2. The minimum absolute atomic E-state index is 0.286. The van der Waals surface area contributed by atoms with E-state index in [0.717, 1.165) is 6.42 Å². The summed E-state index contributed by atoms with van der Waals surface area (Å²) in [6.07, 6.45) is 1.24. The zero-order valence-corrected chi connectivity index (χ0v) is 13.0. The van der Waals surface area contributed by atoms with Crippen molar-refractivity contribution in [3.63, 3.8) is 0 Å². The van der Waals surface area contributed by atoms with Crippen LogP contribution >= 0.6 is 23.2 Å². The van der Waals surface area contributed by atoms with Gasteiger partial charge in [0.25, 0.3) is 0 Å². The Labute approximate surface area is 132 Å². The van der Waals surface area contributed by atoms with Crippen molar-refractivity contribution in [2.24, 2.45) is 5.92 Å². The fourth-order valence-corrected chi connectivity index (χ4v) is 2.85. The van der Waals surface area contributed by atoms with E-state index in [1.165, 1.54) is 11.0 Å². The highest BCUT2D eigenvalue weighted by molar-refractivity contribution is 6.36. The van der Waals surface area contributed by atoms with E-state index in [9.17, 15) is 14.7 Å². The zero-order valence-electron chi connectivity index (χ0n) is 11.5. The Morgan fingerprint density at radius 3 is 2.71 bits per heavy atom. The fraction of sp³-hybridized carbons (Fsp3) is 0.429. The molecule has 1 aliphatic heterocycles. The van der Waals surface area contributed by atoms with Crippen molar-refractivity contribution >= 4 is 40.9 Å². The topological polar surface area (TPSA) is 69.6 Å². The number of aliphatic carboxylic acids is 1. The van der Waals surface area contributed by atoms with E-state index in [-0.39, 0.29) is 5.92 Å². The quantitative estimate of drug-likeness (QED) is 0.868. The molecule has 2 N–H and O–H groups in total. The number of carboxylic acids is 1. The van der Waals surface area contributed by atoms with Gasteiger partial charge in [-0.15, -0.1) is 0 Å². The molecule has 1 aromatic rings. The van der Waals surface area contributed by atoms with Gasteiger partial charge in [0.05, 0.1) is 10.7 Å². The Kier molecular flexibility index (Phi) is 4.96. The van der Waals surface area contributed by atoms with E-state index in [4.69, 9.17) is 23.2 Å². The molecule has 0 bridgehead atoms. The first kappa shape index (κ1) is 15.9. The first-order valence-corrected chi connectivity index (χ1v) is 7.39. The summed E-state index contributed by atoms with van der Waals surface area (Å²) in [5, 5.41) is 12.7. The molecule has 5 nitrogen and oxygen atoms in total. The number of rotatable bonds is 2. The van der Waals surface area contributed by atoms with Gasteiger partial charge in [-0.05, 0) is 37.0 Å². The summed E-state index contributed by atoms with van der Waals surface area (Å²) in [7, 11) is 0. The minimum atomic E-state index is -0.987. The second-order valence-electron chi connectivity index (χ2n) is 5.23. The molecule has 1 fully saturated rings. The highest BCUT2D eigenvalue weighted by atomic mass is 35.5. The lowest BCUT2D eigenvalue weighted by molar-refractivity contribution is -0.143. The van der Waals surface area contributed by atoms with E-state index in [2.05, 4.69) is 5.32 Å². The smallest absolute Gasteiger partial charge is 0.326 e. The summed E-state index contributed by atoms with van der Waals surface area (Å²) in [4.78, 5) is 24.9. The van der Waals surface area contributed by atoms with Gasteiger partial charge < -0.3 is 15.3 Å². The number of carboxylic acid groups (broad SMARTS) is 1. The van der Waals surface area contributed by atoms with E-state index < -0.39 is 18.0 Å². The molecule has 1 aliphatic rings. The number of hydrogen-bond acceptors (Lipinski definition) is 2. The maximum absolute atomic E-state index is 12.3. The van der Waals surface area contributed by atoms with Crippen LogP contribution in [0.3, 0.4) is 0 Å². The molecule has 0 radical (unpaired) electrons. The van der Waals surface area contributed by atoms with Gasteiger partial charge >= 0.3 is 12.0 Å². The van der Waals surface area contributed by atoms with Crippen molar-refractivity contribution < 1.29 is 14.7 Å². The largest absolute Gasteiger partial charge is 0.480 e. The number of benzene rings is 1. The van der Waals surface area contributed by atoms with E-state index in [1.807, 2.05) is 6.92 Å². The second-order valence-corrected chi connectivity index (χ2v) is 6.07. The molecular formula is C14H16Cl2N2O3. The maximum atomic E-state index is 12.3. The van der Waals surface area contributed by atoms with Crippen molar-refractivity contribution in [3.05, 3.63) is 28.2 Å². The summed E-state index contributed by atoms with van der Waals surface area (Å²) in [6.45, 7) is 2.40. The monoisotopic (exact) mass is 330 g/mol. The molecule has 1 aromatic carbocycles. The highest BCUT2D eigenvalue weighted by Crippen LogP contribution is 2.27. The third-order valence-electron chi connectivity index (χ3n) is 3.58. The molecule has 0 spiro atoms. The molecule has 1 heterocycles. The average Bonchev–Trinajstić information content (AvgIpc) is 2.41. The minimum Gasteiger partial charge on any atom is -0.480 e. The van der Waals surface area contributed by atoms with Gasteiger partial charge in [0.15, 0.2) is 0 Å². The molecule has 2 unspecified atom stereocenters. The summed E-state index contributed by atoms with van der Waals surface area (Å²) >= 11 is 11.8. The zero-order chi connectivity index (χ0) is 15.6. The summed E-state index contributed by atoms with van der Waals surface area (Å²) in [6, 6.07) is 3.45. The summed E-state index contributed by atoms with van der Waals surface area (Å²) in [5.74, 6) is -0.701. The molecule has 2 atom stereocenters. The van der Waals surface area contributed by atoms with Crippen LogP contribution in [0.5, 0.6) is 0 Å². The number of halogens is 2. The number of nitrogens with one attached hydrogen (secondary N) is 1. The number of urea groups is 1. The number of likely N-dealkylation sites (tertiary alicyclic amines) is 1. The van der Waals surface area contributed by atoms with Crippen LogP contribution in [0.2, 0.25) is 10.0 Å². The Bertz CT molecular complexity index is 565. The lowest BCUT2D eigenvalue weighted by atomic mass is 9.93. The van der Waals surface area contributed by atoms with Gasteiger partial charge in [0.2, 0.25) is 0 Å². The molecule has 1 saturated heterocycles. The number of anilines is 1. The summed E-state index contributed by atoms with van der Waals surface area (Å²) in [5.41, 5.74) is 0.411. The molecule has 0 aliphatic carbocycles. The molecule has 0 saturated carbocycles. The molecule has 21 heavy (non-hydrogen) atoms. The van der Waals surface area contributed by atoms with Gasteiger partial charge in [0.1, 0.15) is 6.04 Å². The number of carbonyl (C=O) groups excluding carboxylic acids is 1. The van der Waals surface area contributed by atoms with E-state index in [0.29, 0.717) is 28.7 Å². The van der Waals surface area contributed by atoms with Crippen molar-refractivity contribution in [2.75, 3.05) is 11.9 Å². The van der Waals surface area contributed by atoms with Gasteiger partial charge in [-0.25, -0.2) is 9.59 Å². The Balaban J connectivity index is 2.13. The van der Waals surface area contributed by atoms with Gasteiger partial charge in [-0.3, -0.25) is 0 Å². The maximum Gasteiger partial charge on any atom is 0.326 e. The van der Waals surface area contributed by atoms with Crippen LogP contribution in [0.25, 0.3) is 0 Å². The number of piperidine rings is 1. The molecule has 0 aromatic heterocycles. The molecule has 114 valence electrons. The lowest BCUT2D eigenvalue weighted by Gasteiger charge is -2.35. The molecule has 2 rings (SSSR count). The average molecular weight is 331 g/mol. The van der Waals surface area contributed by atoms with Crippen LogP contribution in [0.15, 0.2) is 18.2 Å². The normalized spacial score (nSPS) is 22.0. The Morgan fingerprint density at radius 2 is 2.10 bits per heavy atom. The standard InChI is InChI=1S/C14H16Cl2N2O3/c1-8-4-5-18(12(6-8)13(19)20)14(21)17-11-3-2-9(15)7-10(11)16/h2-3,7-8,12H,4-6H2,1H3,(H,17,21)(H,19,20). The van der Waals surface area contributed by atoms with Crippen LogP contribution in [0.4, 0.5) is 10.5 Å². The van der Waals surface area contributed by atoms with Crippen LogP contribution < -0.4 is 5.32 Å². The van der Waals surface area contributed by atoms with E-state index >= 15 is 0 Å². The van der Waals surface area contributed by atoms with Gasteiger partial charge in [-0.2, -0.15) is 0 Å². The van der Waals surface area contributed by atoms with Gasteiger partial charge in [-0.1, -0.05) is 30.1 Å². The van der Waals surface area contributed by atoms with Crippen molar-refractivity contribution in [3.8, 4) is 0 Å². The molecular weight excluding hydrogens is 315 g/mol. The van der Waals surface area contributed by atoms with Crippen molar-refractivity contribution in [2.45, 2.75) is 25.8 Å². The number of hydrogen-bond donors (Lipinski definition) is 2. The van der Waals surface area contributed by atoms with Crippen LogP contribution in [0.1, 0.15) is 19.8 Å². The number of amides is 2. The predicted molar refractivity (Wildman–Crippen MR) is 82.0 cm³/mol. The highest BCUT2D eigenvalue weighted by Gasteiger charge is 2.34. The molecule has 2 amide bonds. The van der Waals surface area contributed by atoms with E-state index in [1.54, 1.807) is 12.1 Å². The van der Waals surface area contributed by atoms with Crippen molar-refractivity contribution in [1.29, 1.82) is 0 Å².